The number of likely N-dealkylation sites (tertiary alicyclic amines) is 1. The summed E-state index contributed by atoms with van der Waals surface area (Å²) in [6.07, 6.45) is 0.743. The Morgan fingerprint density at radius 3 is 1.22 bits per heavy atom. The maximum absolute atomic E-state index is 10.4. The maximum Gasteiger partial charge on any atom is 0.386 e. The van der Waals surface area contributed by atoms with E-state index in [0.717, 1.165) is 19.7 Å². The Hall–Kier alpha value is -1.21. The fourth-order valence-corrected chi connectivity index (χ4v) is 1.10. The lowest BCUT2D eigenvalue weighted by molar-refractivity contribution is -0.116. The van der Waals surface area contributed by atoms with Gasteiger partial charge in [-0.1, -0.05) is 63.3 Å². The number of alkyl halides is 3. The Kier molecular flexibility index (Phi) is 114. The number of carbonyl (C=O) groups excluding carboxylic acids is 1. The Balaban J connectivity index is -0.0000000284. The second-order valence-electron chi connectivity index (χ2n) is 6.84. The summed E-state index contributed by atoms with van der Waals surface area (Å²) in [6, 6.07) is 1.75. The molecule has 1 saturated heterocycles. The minimum absolute atomic E-state index is 0. The number of carbonyl (C=O) groups is 1. The largest absolute Gasteiger partial charge is 0.386 e. The number of halogens is 3. The highest BCUT2D eigenvalue weighted by Crippen LogP contribution is 2.10. The third-order valence-electron chi connectivity index (χ3n) is 3.20. The van der Waals surface area contributed by atoms with E-state index in [1.807, 2.05) is 13.8 Å². The molecule has 0 spiro atoms. The Labute approximate surface area is 233 Å². The van der Waals surface area contributed by atoms with Crippen molar-refractivity contribution in [1.82, 2.24) is 9.80 Å². The first-order valence-electron chi connectivity index (χ1n) is 12.0. The molecule has 2 N–H and O–H groups in total. The third kappa shape index (κ3) is 229. The topological polar surface area (TPSA) is 82.6 Å². The van der Waals surface area contributed by atoms with E-state index in [1.165, 1.54) is 46.3 Å². The normalized spacial score (nSPS) is 10.1. The number of hydrogen-bond donors (Lipinski definition) is 1. The van der Waals surface area contributed by atoms with Gasteiger partial charge in [-0.05, 0) is 74.0 Å². The van der Waals surface area contributed by atoms with Gasteiger partial charge in [-0.2, -0.15) is 18.4 Å². The standard InChI is InChI=1S/C5H11N.C5H13N.C4H8O.C3H8O.C3H8.C2H3F3.C2H3N.CH5N.3CH4/c1-6-4-2-3-5-6;1-4-6(3)5-2;1-3-4(2)5;1-3-4-2;1-3-2;1-2(3,4)5;1-2-3;1-2;;;/h2-5H2,1H3;4-5H2,1-3H3;3H2,1-2H3;3H2,1-2H3;3H2,1-2H3;1H3;1H3;2H2,1H3;3*1H4. The van der Waals surface area contributed by atoms with E-state index in [0.29, 0.717) is 6.42 Å². The fraction of sp³-hybridized carbons (Fsp3) is 0.929. The summed E-state index contributed by atoms with van der Waals surface area (Å²) in [7, 11) is 7.47. The highest BCUT2D eigenvalue weighted by Gasteiger charge is 2.15. The number of nitriles is 1. The summed E-state index contributed by atoms with van der Waals surface area (Å²) < 4.78 is 35.6. The van der Waals surface area contributed by atoms with Gasteiger partial charge in [-0.15, -0.1) is 0 Å². The third-order valence-corrected chi connectivity index (χ3v) is 3.20. The number of hydrogen-bond acceptors (Lipinski definition) is 6. The molecule has 1 fully saturated rings. The van der Waals surface area contributed by atoms with Crippen molar-refractivity contribution in [2.45, 2.75) is 116 Å². The van der Waals surface area contributed by atoms with Gasteiger partial charge in [-0.3, -0.25) is 0 Å². The smallest absolute Gasteiger partial charge is 0.385 e. The zero-order chi connectivity index (χ0) is 29.0. The molecule has 0 aromatic carbocycles. The highest BCUT2D eigenvalue weighted by atomic mass is 19.4. The molecule has 1 heterocycles. The average Bonchev–Trinajstić information content (AvgIpc) is 3.26. The molecule has 0 aliphatic carbocycles. The van der Waals surface area contributed by atoms with Gasteiger partial charge in [0.1, 0.15) is 5.78 Å². The van der Waals surface area contributed by atoms with Crippen LogP contribution in [0.15, 0.2) is 0 Å². The van der Waals surface area contributed by atoms with E-state index in [1.54, 1.807) is 20.1 Å². The van der Waals surface area contributed by atoms with Crippen molar-refractivity contribution in [3.8, 4) is 6.07 Å². The average molecular weight is 553 g/mol. The second-order valence-corrected chi connectivity index (χ2v) is 6.84. The molecule has 1 aliphatic heterocycles. The van der Waals surface area contributed by atoms with Crippen LogP contribution in [0.5, 0.6) is 0 Å². The SMILES string of the molecule is C.C.C.CC#N.CC(F)(F)F.CCC.CCC(C)=O.CCN(C)CC.CCOC.CN.CN1CCCC1. The van der Waals surface area contributed by atoms with Crippen LogP contribution < -0.4 is 5.73 Å². The molecule has 0 bridgehead atoms. The number of nitrogens with two attached hydrogens (primary N) is 1. The molecule has 0 unspecified atom stereocenters. The Bertz CT molecular complexity index is 348. The molecule has 0 aromatic heterocycles. The van der Waals surface area contributed by atoms with Crippen LogP contribution >= 0.6 is 0 Å². The molecule has 37 heavy (non-hydrogen) atoms. The summed E-state index contributed by atoms with van der Waals surface area (Å²) >= 11 is 0. The van der Waals surface area contributed by atoms with Crippen LogP contribution in [0.3, 0.4) is 0 Å². The minimum Gasteiger partial charge on any atom is -0.385 e. The Morgan fingerprint density at radius 1 is 1.00 bits per heavy atom. The van der Waals surface area contributed by atoms with Gasteiger partial charge in [0, 0.05) is 34.0 Å². The van der Waals surface area contributed by atoms with Gasteiger partial charge < -0.3 is 25.1 Å². The van der Waals surface area contributed by atoms with Crippen molar-refractivity contribution < 1.29 is 22.7 Å². The van der Waals surface area contributed by atoms with Crippen molar-refractivity contribution >= 4 is 5.78 Å². The van der Waals surface area contributed by atoms with Gasteiger partial charge in [0.25, 0.3) is 0 Å². The molecule has 0 amide bonds. The molecular formula is C28H71F3N4O2. The van der Waals surface area contributed by atoms with E-state index in [-0.39, 0.29) is 35.0 Å². The molecule has 0 saturated carbocycles. The van der Waals surface area contributed by atoms with Crippen molar-refractivity contribution in [2.75, 3.05) is 61.0 Å². The summed E-state index contributed by atoms with van der Waals surface area (Å²) in [5.74, 6) is 0.255. The summed E-state index contributed by atoms with van der Waals surface area (Å²) in [6.45, 7) is 21.4. The van der Waals surface area contributed by atoms with Crippen LogP contribution in [0, 0.1) is 11.3 Å². The summed E-state index contributed by atoms with van der Waals surface area (Å²) in [4.78, 5) is 14.4. The molecular weight excluding hydrogens is 481 g/mol. The minimum atomic E-state index is -4.00. The van der Waals surface area contributed by atoms with Crippen LogP contribution in [0.1, 0.15) is 110 Å². The van der Waals surface area contributed by atoms with Crippen molar-refractivity contribution in [3.63, 3.8) is 0 Å². The quantitative estimate of drug-likeness (QED) is 0.378. The van der Waals surface area contributed by atoms with Gasteiger partial charge in [0.05, 0.1) is 6.07 Å². The number of rotatable bonds is 4. The number of Topliss-reactive ketones (excluding diaryl/α,β-unsaturated/α-hetero) is 1. The molecule has 0 aromatic rings. The lowest BCUT2D eigenvalue weighted by atomic mass is 10.4. The van der Waals surface area contributed by atoms with Crippen LogP contribution in [0.2, 0.25) is 0 Å². The number of ether oxygens (including phenoxy) is 1. The van der Waals surface area contributed by atoms with Crippen molar-refractivity contribution in [1.29, 1.82) is 5.26 Å². The van der Waals surface area contributed by atoms with Crippen LogP contribution in [-0.4, -0.2) is 82.8 Å². The van der Waals surface area contributed by atoms with Gasteiger partial charge in [0.2, 0.25) is 0 Å². The van der Waals surface area contributed by atoms with E-state index in [4.69, 9.17) is 5.26 Å². The highest BCUT2D eigenvalue weighted by molar-refractivity contribution is 5.74. The van der Waals surface area contributed by atoms with Crippen molar-refractivity contribution in [3.05, 3.63) is 0 Å². The van der Waals surface area contributed by atoms with Gasteiger partial charge >= 0.3 is 6.18 Å². The lowest BCUT2D eigenvalue weighted by Crippen LogP contribution is -2.15. The molecule has 0 radical (unpaired) electrons. The van der Waals surface area contributed by atoms with E-state index >= 15 is 0 Å². The summed E-state index contributed by atoms with van der Waals surface area (Å²) in [5, 5.41) is 7.32. The fourth-order valence-electron chi connectivity index (χ4n) is 1.10. The second kappa shape index (κ2) is 64.6. The molecule has 236 valence electrons. The van der Waals surface area contributed by atoms with E-state index in [9.17, 15) is 18.0 Å². The number of methoxy groups -OCH3 is 1. The first-order chi connectivity index (χ1) is 15.7. The maximum atomic E-state index is 10.4. The number of ketones is 1. The molecule has 1 aliphatic rings. The molecule has 1 rings (SSSR count). The van der Waals surface area contributed by atoms with Gasteiger partial charge in [-0.25, -0.2) is 0 Å². The zero-order valence-corrected chi connectivity index (χ0v) is 24.7. The first kappa shape index (κ1) is 65.1. The monoisotopic (exact) mass is 553 g/mol. The van der Waals surface area contributed by atoms with Crippen LogP contribution in [-0.2, 0) is 9.53 Å². The number of nitrogens with zero attached hydrogens (tertiary/aromatic N) is 3. The van der Waals surface area contributed by atoms with Crippen LogP contribution in [0.4, 0.5) is 13.2 Å². The van der Waals surface area contributed by atoms with Gasteiger partial charge in [0.15, 0.2) is 0 Å². The van der Waals surface area contributed by atoms with E-state index in [2.05, 4.69) is 62.1 Å². The lowest BCUT2D eigenvalue weighted by Gasteiger charge is -2.07. The zero-order valence-electron chi connectivity index (χ0n) is 24.7. The van der Waals surface area contributed by atoms with Crippen molar-refractivity contribution in [2.24, 2.45) is 5.73 Å². The summed E-state index contributed by atoms with van der Waals surface area (Å²) in [5.41, 5.74) is 4.50. The predicted molar refractivity (Wildman–Crippen MR) is 163 cm³/mol. The van der Waals surface area contributed by atoms with E-state index < -0.39 is 6.18 Å². The Morgan fingerprint density at radius 2 is 1.19 bits per heavy atom. The first-order valence-corrected chi connectivity index (χ1v) is 12.0. The molecule has 9 heteroatoms. The molecule has 6 nitrogen and oxygen atoms in total. The predicted octanol–water partition coefficient (Wildman–Crippen LogP) is 8.31. The molecule has 0 atom stereocenters. The van der Waals surface area contributed by atoms with Crippen LogP contribution in [0.25, 0.3) is 0 Å².